The zero-order valence-corrected chi connectivity index (χ0v) is 31.3. The van der Waals surface area contributed by atoms with E-state index in [1.807, 2.05) is 13.8 Å². The molecule has 0 radical (unpaired) electrons. The Morgan fingerprint density at radius 1 is 0.543 bits per heavy atom. The number of hydrogen-bond donors (Lipinski definition) is 0. The van der Waals surface area contributed by atoms with E-state index >= 15 is 0 Å². The molecule has 0 aromatic heterocycles. The van der Waals surface area contributed by atoms with Crippen LogP contribution in [0.4, 0.5) is 0 Å². The molecule has 7 rings (SSSR count). The Kier molecular flexibility index (Phi) is 8.16. The molecule has 0 aromatic carbocycles. The summed E-state index contributed by atoms with van der Waals surface area (Å²) in [6, 6.07) is 0. The molecule has 4 heterocycles. The Morgan fingerprint density at radius 2 is 0.870 bits per heavy atom. The minimum Gasteiger partial charge on any atom is -0.397 e. The lowest BCUT2D eigenvalue weighted by Crippen LogP contribution is -2.65. The van der Waals surface area contributed by atoms with Gasteiger partial charge in [0.15, 0.2) is 11.6 Å². The molecule has 0 amide bonds. The van der Waals surface area contributed by atoms with Crippen LogP contribution in [0, 0.1) is 11.8 Å². The van der Waals surface area contributed by atoms with Crippen LogP contribution in [0.3, 0.4) is 0 Å². The van der Waals surface area contributed by atoms with E-state index in [1.165, 1.54) is 0 Å². The molecular formula is C34H52O10Si2. The van der Waals surface area contributed by atoms with Crippen LogP contribution >= 0.6 is 0 Å². The molecule has 0 saturated carbocycles. The molecule has 46 heavy (non-hydrogen) atoms. The molecule has 7 aliphatic rings. The van der Waals surface area contributed by atoms with Gasteiger partial charge in [0.2, 0.25) is 0 Å². The summed E-state index contributed by atoms with van der Waals surface area (Å²) in [6.07, 6.45) is -4.91. The monoisotopic (exact) mass is 676 g/mol. The molecule has 3 aliphatic carbocycles. The third-order valence-electron chi connectivity index (χ3n) is 12.1. The Labute approximate surface area is 275 Å². The normalized spacial score (nSPS) is 41.3. The van der Waals surface area contributed by atoms with Crippen molar-refractivity contribution in [1.29, 1.82) is 0 Å². The van der Waals surface area contributed by atoms with Crippen LogP contribution < -0.4 is 0 Å². The lowest BCUT2D eigenvalue weighted by molar-refractivity contribution is -0.177. The molecule has 12 heteroatoms. The first-order valence-corrected chi connectivity index (χ1v) is 21.2. The molecule has 256 valence electrons. The second-order valence-corrected chi connectivity index (χ2v) is 24.4. The lowest BCUT2D eigenvalue weighted by atomic mass is 9.60. The maximum Gasteiger partial charge on any atom is 0.343 e. The first-order valence-electron chi connectivity index (χ1n) is 17.3. The second kappa shape index (κ2) is 11.2. The summed E-state index contributed by atoms with van der Waals surface area (Å²) in [6.45, 7) is 21.2. The first kappa shape index (κ1) is 33.4. The van der Waals surface area contributed by atoms with E-state index < -0.39 is 77.8 Å². The van der Waals surface area contributed by atoms with Gasteiger partial charge in [-0.1, -0.05) is 55.4 Å². The largest absolute Gasteiger partial charge is 0.397 e. The summed E-state index contributed by atoms with van der Waals surface area (Å²) in [5, 5.41) is 0. The topological polar surface area (TPSA) is 115 Å². The van der Waals surface area contributed by atoms with Gasteiger partial charge in [0.1, 0.15) is 48.8 Å². The van der Waals surface area contributed by atoms with Gasteiger partial charge in [0.25, 0.3) is 0 Å². The van der Waals surface area contributed by atoms with Crippen LogP contribution in [-0.2, 0) is 46.2 Å². The van der Waals surface area contributed by atoms with E-state index in [0.717, 1.165) is 11.1 Å². The number of epoxide rings is 2. The van der Waals surface area contributed by atoms with Gasteiger partial charge in [-0.3, -0.25) is 9.59 Å². The highest BCUT2D eigenvalue weighted by atomic mass is 28.4. The van der Waals surface area contributed by atoms with Gasteiger partial charge < -0.3 is 36.7 Å². The number of rotatable bonds is 10. The van der Waals surface area contributed by atoms with Gasteiger partial charge in [0, 0.05) is 37.2 Å². The molecule has 0 unspecified atom stereocenters. The number of ether oxygens (including phenoxy) is 4. The standard InChI is InChI=1S/C34H52O10Si2/c1-13(2)45(37-11,14(3)4)43-29-23-21(25(35)31-33(29)41-31)19-17(9)39-27(23)28-24-22(20(19)18(10)40-28)26(36)32-34(42-32)30(24)44-46(38-12,15(5)6)16(7)8/h13-20,27-34H,1-12H3/t17-,18-,19-,20-,27-,28-,29+,30+,31+,32+,33-,34-/m1/s1. The highest BCUT2D eigenvalue weighted by molar-refractivity contribution is 6.70. The maximum absolute atomic E-state index is 14.3. The fourth-order valence-corrected chi connectivity index (χ4v) is 17.1. The first-order chi connectivity index (χ1) is 21.7. The van der Waals surface area contributed by atoms with Crippen LogP contribution in [0.1, 0.15) is 69.2 Å². The van der Waals surface area contributed by atoms with Gasteiger partial charge in [-0.15, -0.1) is 0 Å². The van der Waals surface area contributed by atoms with E-state index in [0.29, 0.717) is 11.1 Å². The van der Waals surface area contributed by atoms with Crippen molar-refractivity contribution in [2.45, 2.75) is 152 Å². The fraction of sp³-hybridized carbons (Fsp3) is 0.824. The summed E-state index contributed by atoms with van der Waals surface area (Å²) < 4.78 is 53.2. The average molecular weight is 677 g/mol. The molecule has 12 atom stereocenters. The number of Topliss-reactive ketones (excluding diaryl/α,β-unsaturated/α-hetero) is 2. The number of fused-ring (bicyclic) bond motifs is 4. The minimum absolute atomic E-state index is 0.00675. The van der Waals surface area contributed by atoms with Crippen LogP contribution in [0.15, 0.2) is 22.3 Å². The highest BCUT2D eigenvalue weighted by Crippen LogP contribution is 2.60. The average Bonchev–Trinajstić information content (AvgIpc) is 3.90. The zero-order valence-electron chi connectivity index (χ0n) is 29.3. The highest BCUT2D eigenvalue weighted by Gasteiger charge is 2.71. The summed E-state index contributed by atoms with van der Waals surface area (Å²) in [4.78, 5) is 28.5. The van der Waals surface area contributed by atoms with Crippen molar-refractivity contribution in [1.82, 2.24) is 0 Å². The number of carbonyl (C=O) groups is 2. The van der Waals surface area contributed by atoms with Crippen LogP contribution in [0.5, 0.6) is 0 Å². The van der Waals surface area contributed by atoms with Gasteiger partial charge >= 0.3 is 17.1 Å². The Balaban J connectivity index is 1.40. The molecule has 0 aromatic rings. The summed E-state index contributed by atoms with van der Waals surface area (Å²) in [5.74, 6) is -0.833. The van der Waals surface area contributed by atoms with E-state index in [4.69, 9.17) is 36.7 Å². The molecule has 2 saturated heterocycles. The van der Waals surface area contributed by atoms with Gasteiger partial charge in [0.05, 0.1) is 12.2 Å². The molecule has 0 spiro atoms. The second-order valence-electron chi connectivity index (χ2n) is 15.6. The van der Waals surface area contributed by atoms with Crippen molar-refractivity contribution >= 4 is 28.7 Å². The van der Waals surface area contributed by atoms with Crippen molar-refractivity contribution in [2.24, 2.45) is 11.8 Å². The van der Waals surface area contributed by atoms with E-state index in [-0.39, 0.29) is 45.9 Å². The molecule has 10 nitrogen and oxygen atoms in total. The quantitative estimate of drug-likeness (QED) is 0.239. The van der Waals surface area contributed by atoms with Crippen molar-refractivity contribution in [3.8, 4) is 0 Å². The molecule has 4 aliphatic heterocycles. The maximum atomic E-state index is 14.3. The van der Waals surface area contributed by atoms with Crippen molar-refractivity contribution in [3.05, 3.63) is 22.3 Å². The Hall–Kier alpha value is -1.07. The van der Waals surface area contributed by atoms with Gasteiger partial charge in [-0.05, 0) is 47.2 Å². The van der Waals surface area contributed by atoms with E-state index in [2.05, 4.69) is 55.4 Å². The van der Waals surface area contributed by atoms with Crippen LogP contribution in [-0.4, -0.2) is 104 Å². The summed E-state index contributed by atoms with van der Waals surface area (Å²) in [5.41, 5.74) is 3.66. The van der Waals surface area contributed by atoms with Gasteiger partial charge in [-0.25, -0.2) is 0 Å². The SMILES string of the molecule is CO[Si](O[C@H]1C2=C(C(=O)[C@@H]3O[C@@H]31)[C@H]1[C@@H]3C4=C([C@@H](O[C@@H]3C)[C@@H]2O[C@@H]1C)[C@H](O[Si](OC)(C(C)C)C(C)C)[C@H]1O[C@H]1C4=O)(C(C)C)C(C)C. The Morgan fingerprint density at radius 3 is 1.15 bits per heavy atom. The van der Waals surface area contributed by atoms with E-state index in [9.17, 15) is 9.59 Å². The number of ketones is 2. The predicted molar refractivity (Wildman–Crippen MR) is 173 cm³/mol. The molecule has 4 bridgehead atoms. The smallest absolute Gasteiger partial charge is 0.343 e. The van der Waals surface area contributed by atoms with Crippen LogP contribution in [0.2, 0.25) is 22.2 Å². The lowest BCUT2D eigenvalue weighted by Gasteiger charge is -2.56. The van der Waals surface area contributed by atoms with Crippen LogP contribution in [0.25, 0.3) is 0 Å². The van der Waals surface area contributed by atoms with E-state index in [1.54, 1.807) is 14.2 Å². The fourth-order valence-electron chi connectivity index (χ4n) is 9.96. The minimum atomic E-state index is -2.80. The predicted octanol–water partition coefficient (Wildman–Crippen LogP) is 4.69. The Bertz CT molecular complexity index is 1250. The third-order valence-corrected chi connectivity index (χ3v) is 21.0. The summed E-state index contributed by atoms with van der Waals surface area (Å²) >= 11 is 0. The summed E-state index contributed by atoms with van der Waals surface area (Å²) in [7, 11) is -2.12. The van der Waals surface area contributed by atoms with Crippen molar-refractivity contribution < 1.29 is 46.2 Å². The molecular weight excluding hydrogens is 625 g/mol. The third kappa shape index (κ3) is 4.40. The van der Waals surface area contributed by atoms with Crippen molar-refractivity contribution in [2.75, 3.05) is 14.2 Å². The number of hydrogen-bond acceptors (Lipinski definition) is 10. The van der Waals surface area contributed by atoms with Crippen molar-refractivity contribution in [3.63, 3.8) is 0 Å². The molecule has 0 N–H and O–H groups in total. The zero-order chi connectivity index (χ0) is 33.4. The number of carbonyl (C=O) groups excluding carboxylic acids is 2. The van der Waals surface area contributed by atoms with Gasteiger partial charge in [-0.2, -0.15) is 0 Å². The molecule has 2 fully saturated rings.